The highest BCUT2D eigenvalue weighted by molar-refractivity contribution is 5.71. The van der Waals surface area contributed by atoms with Crippen molar-refractivity contribution in [2.45, 2.75) is 187 Å². The Kier molecular flexibility index (Phi) is 39.7. The number of unbranched alkanes of at least 4 members (excludes halogenated alkanes) is 13. The van der Waals surface area contributed by atoms with E-state index in [1.54, 1.807) is 0 Å². The summed E-state index contributed by atoms with van der Waals surface area (Å²) in [5.41, 5.74) is 0. The lowest BCUT2D eigenvalue weighted by molar-refractivity contribution is -0.166. The molecule has 0 radical (unpaired) electrons. The van der Waals surface area contributed by atoms with E-state index in [1.807, 2.05) is 12.2 Å². The van der Waals surface area contributed by atoms with Crippen molar-refractivity contribution in [3.8, 4) is 0 Å². The number of hydrogen-bond donors (Lipinski definition) is 0. The summed E-state index contributed by atoms with van der Waals surface area (Å²) in [6.45, 7) is 6.32. The molecule has 0 N–H and O–H groups in total. The first-order valence-corrected chi connectivity index (χ1v) is 21.6. The molecule has 0 aliphatic rings. The molecule has 0 saturated carbocycles. The topological polar surface area (TPSA) is 78.9 Å². The van der Waals surface area contributed by atoms with E-state index < -0.39 is 6.10 Å². The van der Waals surface area contributed by atoms with E-state index in [0.717, 1.165) is 83.5 Å². The number of hydrogen-bond acceptors (Lipinski definition) is 6. The first-order chi connectivity index (χ1) is 26.5. The lowest BCUT2D eigenvalue weighted by Gasteiger charge is -2.18. The summed E-state index contributed by atoms with van der Waals surface area (Å²) in [6, 6.07) is 0. The number of carbonyl (C=O) groups excluding carboxylic acids is 3. The molecular weight excluding hydrogens is 673 g/mol. The number of ether oxygens (including phenoxy) is 3. The Morgan fingerprint density at radius 2 is 0.833 bits per heavy atom. The standard InChI is InChI=1S/C48H78O6/c1-4-7-10-13-16-19-21-22-23-24-25-27-29-32-35-38-41-47(50)53-44-45(43-52-46(49)40-37-34-31-28-18-15-12-9-6-3)54-48(51)42-39-36-33-30-26-20-17-14-11-8-5-2/h7,10,14,16-17,19-20,22-23,25-27,32,35,45H,4-6,8-9,11-13,15,18,21,24,28-31,33-34,36-44H2,1-3H3/b10-7-,17-14-,19-16-,23-22-,26-20-,27-25-,35-32-. The van der Waals surface area contributed by atoms with Crippen molar-refractivity contribution >= 4 is 17.9 Å². The molecule has 306 valence electrons. The molecule has 0 amide bonds. The molecule has 0 aromatic rings. The van der Waals surface area contributed by atoms with Crippen molar-refractivity contribution in [1.29, 1.82) is 0 Å². The minimum absolute atomic E-state index is 0.110. The largest absolute Gasteiger partial charge is 0.462 e. The molecule has 0 aliphatic carbocycles. The molecule has 0 fully saturated rings. The van der Waals surface area contributed by atoms with Gasteiger partial charge in [-0.1, -0.05) is 176 Å². The monoisotopic (exact) mass is 751 g/mol. The number of esters is 3. The van der Waals surface area contributed by atoms with E-state index in [4.69, 9.17) is 14.2 Å². The summed E-state index contributed by atoms with van der Waals surface area (Å²) in [5, 5.41) is 0. The molecule has 6 nitrogen and oxygen atoms in total. The Morgan fingerprint density at radius 1 is 0.407 bits per heavy atom. The third-order valence-corrected chi connectivity index (χ3v) is 8.68. The molecule has 0 aromatic heterocycles. The predicted octanol–water partition coefficient (Wildman–Crippen LogP) is 13.7. The Bertz CT molecular complexity index is 1090. The van der Waals surface area contributed by atoms with Gasteiger partial charge in [0, 0.05) is 19.3 Å². The van der Waals surface area contributed by atoms with Crippen molar-refractivity contribution < 1.29 is 28.6 Å². The number of allylic oxidation sites excluding steroid dienone is 14. The van der Waals surface area contributed by atoms with E-state index in [0.29, 0.717) is 12.8 Å². The molecule has 0 aliphatic heterocycles. The van der Waals surface area contributed by atoms with Crippen LogP contribution in [0.1, 0.15) is 181 Å². The van der Waals surface area contributed by atoms with Gasteiger partial charge in [0.15, 0.2) is 6.10 Å². The SMILES string of the molecule is CC/C=C\C/C=C\C/C=C\C/C=C\C/C=C\CCC(=O)OCC(COC(=O)CCCCCCCCCCC)OC(=O)CCCCC/C=C\C=C/CCCC. The maximum absolute atomic E-state index is 12.6. The molecule has 0 bridgehead atoms. The zero-order chi connectivity index (χ0) is 39.4. The zero-order valence-corrected chi connectivity index (χ0v) is 34.7. The van der Waals surface area contributed by atoms with E-state index in [1.165, 1.54) is 51.4 Å². The number of carbonyl (C=O) groups is 3. The van der Waals surface area contributed by atoms with Crippen LogP contribution >= 0.6 is 0 Å². The van der Waals surface area contributed by atoms with Crippen LogP contribution < -0.4 is 0 Å². The average molecular weight is 751 g/mol. The second-order valence-electron chi connectivity index (χ2n) is 13.9. The van der Waals surface area contributed by atoms with Gasteiger partial charge in [-0.05, 0) is 70.6 Å². The molecular formula is C48H78O6. The molecule has 0 aromatic carbocycles. The van der Waals surface area contributed by atoms with Crippen molar-refractivity contribution in [1.82, 2.24) is 0 Å². The van der Waals surface area contributed by atoms with Gasteiger partial charge in [0.2, 0.25) is 0 Å². The maximum atomic E-state index is 12.6. The molecule has 1 atom stereocenters. The van der Waals surface area contributed by atoms with Crippen LogP contribution in [0.25, 0.3) is 0 Å². The van der Waals surface area contributed by atoms with E-state index in [9.17, 15) is 14.4 Å². The predicted molar refractivity (Wildman–Crippen MR) is 228 cm³/mol. The Hall–Kier alpha value is -3.41. The van der Waals surface area contributed by atoms with E-state index >= 15 is 0 Å². The Balaban J connectivity index is 4.53. The molecule has 0 rings (SSSR count). The van der Waals surface area contributed by atoms with E-state index in [-0.39, 0.29) is 44.0 Å². The first kappa shape index (κ1) is 50.6. The maximum Gasteiger partial charge on any atom is 0.306 e. The average Bonchev–Trinajstić information content (AvgIpc) is 3.17. The summed E-state index contributed by atoms with van der Waals surface area (Å²) in [4.78, 5) is 37.5. The highest BCUT2D eigenvalue weighted by Crippen LogP contribution is 2.12. The Labute approximate surface area is 331 Å². The summed E-state index contributed by atoms with van der Waals surface area (Å²) < 4.78 is 16.5. The van der Waals surface area contributed by atoms with Crippen LogP contribution in [-0.4, -0.2) is 37.2 Å². The highest BCUT2D eigenvalue weighted by atomic mass is 16.6. The molecule has 1 unspecified atom stereocenters. The Morgan fingerprint density at radius 3 is 1.37 bits per heavy atom. The molecule has 54 heavy (non-hydrogen) atoms. The number of rotatable bonds is 37. The fourth-order valence-electron chi connectivity index (χ4n) is 5.41. The van der Waals surface area contributed by atoms with Crippen LogP contribution in [0.5, 0.6) is 0 Å². The molecule has 0 spiro atoms. The fraction of sp³-hybridized carbons (Fsp3) is 0.646. The van der Waals surface area contributed by atoms with Gasteiger partial charge in [-0.25, -0.2) is 0 Å². The van der Waals surface area contributed by atoms with Crippen LogP contribution in [0, 0.1) is 0 Å². The van der Waals surface area contributed by atoms with Gasteiger partial charge in [-0.2, -0.15) is 0 Å². The molecule has 6 heteroatoms. The molecule has 0 saturated heterocycles. The van der Waals surface area contributed by atoms with Crippen LogP contribution in [0.4, 0.5) is 0 Å². The van der Waals surface area contributed by atoms with Gasteiger partial charge in [-0.15, -0.1) is 0 Å². The normalized spacial score (nSPS) is 12.9. The quantitative estimate of drug-likeness (QED) is 0.0207. The van der Waals surface area contributed by atoms with Crippen LogP contribution in [0.15, 0.2) is 85.1 Å². The van der Waals surface area contributed by atoms with Crippen molar-refractivity contribution in [2.24, 2.45) is 0 Å². The first-order valence-electron chi connectivity index (χ1n) is 21.6. The summed E-state index contributed by atoms with van der Waals surface area (Å²) in [6.07, 6.45) is 53.0. The second-order valence-corrected chi connectivity index (χ2v) is 13.9. The van der Waals surface area contributed by atoms with Crippen molar-refractivity contribution in [3.63, 3.8) is 0 Å². The van der Waals surface area contributed by atoms with Gasteiger partial charge in [-0.3, -0.25) is 14.4 Å². The van der Waals surface area contributed by atoms with E-state index in [2.05, 4.69) is 93.7 Å². The van der Waals surface area contributed by atoms with Crippen LogP contribution in [0.3, 0.4) is 0 Å². The minimum Gasteiger partial charge on any atom is -0.462 e. The van der Waals surface area contributed by atoms with Gasteiger partial charge < -0.3 is 14.2 Å². The van der Waals surface area contributed by atoms with Gasteiger partial charge >= 0.3 is 17.9 Å². The van der Waals surface area contributed by atoms with Crippen molar-refractivity contribution in [3.05, 3.63) is 85.1 Å². The van der Waals surface area contributed by atoms with Crippen LogP contribution in [0.2, 0.25) is 0 Å². The molecule has 0 heterocycles. The fourth-order valence-corrected chi connectivity index (χ4v) is 5.41. The summed E-state index contributed by atoms with van der Waals surface area (Å²) in [5.74, 6) is -1.04. The summed E-state index contributed by atoms with van der Waals surface area (Å²) in [7, 11) is 0. The highest BCUT2D eigenvalue weighted by Gasteiger charge is 2.19. The smallest absolute Gasteiger partial charge is 0.306 e. The zero-order valence-electron chi connectivity index (χ0n) is 34.7. The minimum atomic E-state index is -0.815. The third kappa shape index (κ3) is 39.8. The lowest BCUT2D eigenvalue weighted by atomic mass is 10.1. The van der Waals surface area contributed by atoms with Crippen LogP contribution in [-0.2, 0) is 28.6 Å². The van der Waals surface area contributed by atoms with Crippen molar-refractivity contribution in [2.75, 3.05) is 13.2 Å². The van der Waals surface area contributed by atoms with Gasteiger partial charge in [0.25, 0.3) is 0 Å². The second kappa shape index (κ2) is 42.3. The lowest BCUT2D eigenvalue weighted by Crippen LogP contribution is -2.30. The third-order valence-electron chi connectivity index (χ3n) is 8.68. The summed E-state index contributed by atoms with van der Waals surface area (Å²) >= 11 is 0. The van der Waals surface area contributed by atoms with Gasteiger partial charge in [0.05, 0.1) is 0 Å². The van der Waals surface area contributed by atoms with Gasteiger partial charge in [0.1, 0.15) is 13.2 Å².